The minimum absolute atomic E-state index is 0.148. The number of hydrogen-bond donors (Lipinski definition) is 2. The Balaban J connectivity index is 1.33. The van der Waals surface area contributed by atoms with E-state index in [1.54, 1.807) is 0 Å². The zero-order chi connectivity index (χ0) is 17.6. The molecule has 2 aliphatic heterocycles. The van der Waals surface area contributed by atoms with Crippen LogP contribution in [-0.4, -0.2) is 73.0 Å². The summed E-state index contributed by atoms with van der Waals surface area (Å²) >= 11 is 0. The van der Waals surface area contributed by atoms with Gasteiger partial charge in [0, 0.05) is 44.7 Å². The van der Waals surface area contributed by atoms with Crippen molar-refractivity contribution in [1.29, 1.82) is 0 Å². The van der Waals surface area contributed by atoms with Crippen molar-refractivity contribution >= 4 is 11.8 Å². The summed E-state index contributed by atoms with van der Waals surface area (Å²) in [4.78, 5) is 28.8. The summed E-state index contributed by atoms with van der Waals surface area (Å²) < 4.78 is 0. The Morgan fingerprint density at radius 3 is 2.40 bits per heavy atom. The van der Waals surface area contributed by atoms with Crippen LogP contribution in [-0.2, 0) is 9.59 Å². The largest absolute Gasteiger partial charge is 0.352 e. The Kier molecular flexibility index (Phi) is 6.70. The minimum atomic E-state index is 0.148. The Morgan fingerprint density at radius 1 is 1.04 bits per heavy atom. The smallest absolute Gasteiger partial charge is 0.234 e. The summed E-state index contributed by atoms with van der Waals surface area (Å²) in [6, 6.07) is 0.736. The molecule has 3 aliphatic rings. The highest BCUT2D eigenvalue weighted by molar-refractivity contribution is 5.79. The maximum atomic E-state index is 12.4. The zero-order valence-corrected chi connectivity index (χ0v) is 15.6. The van der Waals surface area contributed by atoms with Crippen LogP contribution in [0, 0.1) is 5.92 Å². The van der Waals surface area contributed by atoms with E-state index in [4.69, 9.17) is 0 Å². The minimum Gasteiger partial charge on any atom is -0.352 e. The van der Waals surface area contributed by atoms with E-state index in [-0.39, 0.29) is 11.8 Å². The van der Waals surface area contributed by atoms with Crippen LogP contribution in [0.5, 0.6) is 0 Å². The van der Waals surface area contributed by atoms with Crippen LogP contribution >= 0.6 is 0 Å². The first kappa shape index (κ1) is 18.6. The van der Waals surface area contributed by atoms with E-state index in [9.17, 15) is 9.59 Å². The monoisotopic (exact) mass is 350 g/mol. The summed E-state index contributed by atoms with van der Waals surface area (Å²) in [6.45, 7) is 6.91. The zero-order valence-electron chi connectivity index (χ0n) is 15.6. The van der Waals surface area contributed by atoms with E-state index in [0.717, 1.165) is 57.9 Å². The van der Waals surface area contributed by atoms with Crippen molar-refractivity contribution in [3.63, 3.8) is 0 Å². The lowest BCUT2D eigenvalue weighted by Gasteiger charge is -2.35. The SMILES string of the molecule is CC1CCC(NC(=O)CN2CCN(C(=O)CC3CCCN3)CC2)CC1. The molecule has 2 amide bonds. The van der Waals surface area contributed by atoms with Crippen LogP contribution in [0.4, 0.5) is 0 Å². The number of carbonyl (C=O) groups excluding carboxylic acids is 2. The van der Waals surface area contributed by atoms with Crippen molar-refractivity contribution in [2.45, 2.75) is 64.0 Å². The quantitative estimate of drug-likeness (QED) is 0.775. The molecule has 142 valence electrons. The molecule has 0 aromatic rings. The molecule has 1 atom stereocenters. The molecule has 1 aliphatic carbocycles. The number of nitrogens with zero attached hydrogens (tertiary/aromatic N) is 2. The standard InChI is InChI=1S/C19H34N4O2/c1-15-4-6-16(7-5-15)21-18(24)14-22-9-11-23(12-10-22)19(25)13-17-3-2-8-20-17/h15-17,20H,2-14H2,1H3,(H,21,24). The van der Waals surface area contributed by atoms with Crippen molar-refractivity contribution < 1.29 is 9.59 Å². The lowest BCUT2D eigenvalue weighted by atomic mass is 9.87. The maximum absolute atomic E-state index is 12.4. The van der Waals surface area contributed by atoms with E-state index in [0.29, 0.717) is 25.0 Å². The first-order valence-corrected chi connectivity index (χ1v) is 10.1. The lowest BCUT2D eigenvalue weighted by molar-refractivity contribution is -0.133. The van der Waals surface area contributed by atoms with E-state index < -0.39 is 0 Å². The van der Waals surface area contributed by atoms with Gasteiger partial charge in [0.25, 0.3) is 0 Å². The molecule has 1 saturated carbocycles. The summed E-state index contributed by atoms with van der Waals surface area (Å²) in [6.07, 6.45) is 7.60. The predicted molar refractivity (Wildman–Crippen MR) is 98.2 cm³/mol. The second kappa shape index (κ2) is 8.99. The molecule has 0 aromatic carbocycles. The molecule has 6 heteroatoms. The summed E-state index contributed by atoms with van der Waals surface area (Å²) in [5, 5.41) is 6.59. The molecule has 2 N–H and O–H groups in total. The molecule has 3 rings (SSSR count). The molecular weight excluding hydrogens is 316 g/mol. The number of nitrogens with one attached hydrogen (secondary N) is 2. The number of piperazine rings is 1. The van der Waals surface area contributed by atoms with Crippen LogP contribution in [0.25, 0.3) is 0 Å². The Morgan fingerprint density at radius 2 is 1.76 bits per heavy atom. The second-order valence-electron chi connectivity index (χ2n) is 8.18. The highest BCUT2D eigenvalue weighted by Crippen LogP contribution is 2.23. The van der Waals surface area contributed by atoms with Gasteiger partial charge < -0.3 is 15.5 Å². The van der Waals surface area contributed by atoms with Crippen LogP contribution in [0.3, 0.4) is 0 Å². The van der Waals surface area contributed by atoms with Gasteiger partial charge in [-0.2, -0.15) is 0 Å². The number of rotatable bonds is 5. The van der Waals surface area contributed by atoms with Gasteiger partial charge in [-0.3, -0.25) is 14.5 Å². The Labute approximate surface area is 151 Å². The third-order valence-corrected chi connectivity index (χ3v) is 6.06. The fourth-order valence-corrected chi connectivity index (χ4v) is 4.31. The highest BCUT2D eigenvalue weighted by Gasteiger charge is 2.26. The predicted octanol–water partition coefficient (Wildman–Crippen LogP) is 0.968. The van der Waals surface area contributed by atoms with Gasteiger partial charge in [-0.05, 0) is 51.0 Å². The van der Waals surface area contributed by atoms with Gasteiger partial charge >= 0.3 is 0 Å². The molecule has 6 nitrogen and oxygen atoms in total. The molecule has 3 fully saturated rings. The Bertz CT molecular complexity index is 448. The van der Waals surface area contributed by atoms with Crippen LogP contribution < -0.4 is 10.6 Å². The van der Waals surface area contributed by atoms with Crippen molar-refractivity contribution in [1.82, 2.24) is 20.4 Å². The van der Waals surface area contributed by atoms with E-state index >= 15 is 0 Å². The molecular formula is C19H34N4O2. The first-order chi connectivity index (χ1) is 12.1. The molecule has 0 bridgehead atoms. The summed E-state index contributed by atoms with van der Waals surface area (Å²) in [5.41, 5.74) is 0. The van der Waals surface area contributed by atoms with E-state index in [1.807, 2.05) is 4.90 Å². The number of hydrogen-bond acceptors (Lipinski definition) is 4. The van der Waals surface area contributed by atoms with Gasteiger partial charge in [-0.1, -0.05) is 6.92 Å². The van der Waals surface area contributed by atoms with Crippen LogP contribution in [0.2, 0.25) is 0 Å². The maximum Gasteiger partial charge on any atom is 0.234 e. The van der Waals surface area contributed by atoms with Gasteiger partial charge in [0.2, 0.25) is 11.8 Å². The van der Waals surface area contributed by atoms with Crippen molar-refractivity contribution in [2.24, 2.45) is 5.92 Å². The van der Waals surface area contributed by atoms with Crippen molar-refractivity contribution in [3.8, 4) is 0 Å². The topological polar surface area (TPSA) is 64.7 Å². The second-order valence-corrected chi connectivity index (χ2v) is 8.18. The van der Waals surface area contributed by atoms with E-state index in [1.165, 1.54) is 19.3 Å². The van der Waals surface area contributed by atoms with Crippen LogP contribution in [0.1, 0.15) is 51.9 Å². The molecule has 0 spiro atoms. The molecule has 0 aromatic heterocycles. The molecule has 25 heavy (non-hydrogen) atoms. The third kappa shape index (κ3) is 5.68. The molecule has 1 unspecified atom stereocenters. The number of amides is 2. The fraction of sp³-hybridized carbons (Fsp3) is 0.895. The van der Waals surface area contributed by atoms with Gasteiger partial charge in [0.1, 0.15) is 0 Å². The third-order valence-electron chi connectivity index (χ3n) is 6.06. The number of carbonyl (C=O) groups is 2. The Hall–Kier alpha value is -1.14. The lowest BCUT2D eigenvalue weighted by Crippen LogP contribution is -2.52. The van der Waals surface area contributed by atoms with Crippen molar-refractivity contribution in [2.75, 3.05) is 39.3 Å². The normalized spacial score (nSPS) is 31.1. The van der Waals surface area contributed by atoms with Gasteiger partial charge in [0.05, 0.1) is 6.54 Å². The highest BCUT2D eigenvalue weighted by atomic mass is 16.2. The van der Waals surface area contributed by atoms with Gasteiger partial charge in [-0.15, -0.1) is 0 Å². The fourth-order valence-electron chi connectivity index (χ4n) is 4.31. The molecule has 0 radical (unpaired) electrons. The summed E-state index contributed by atoms with van der Waals surface area (Å²) in [7, 11) is 0. The summed E-state index contributed by atoms with van der Waals surface area (Å²) in [5.74, 6) is 1.22. The molecule has 2 saturated heterocycles. The van der Waals surface area contributed by atoms with Gasteiger partial charge in [0.15, 0.2) is 0 Å². The van der Waals surface area contributed by atoms with Crippen LogP contribution in [0.15, 0.2) is 0 Å². The average molecular weight is 351 g/mol. The first-order valence-electron chi connectivity index (χ1n) is 10.1. The van der Waals surface area contributed by atoms with Crippen molar-refractivity contribution in [3.05, 3.63) is 0 Å². The van der Waals surface area contributed by atoms with Gasteiger partial charge in [-0.25, -0.2) is 0 Å². The molecule has 2 heterocycles. The van der Waals surface area contributed by atoms with E-state index in [2.05, 4.69) is 22.5 Å². The average Bonchev–Trinajstić information content (AvgIpc) is 3.10.